The first-order valence-corrected chi connectivity index (χ1v) is 4.24. The SMILES string of the molecule is CCc1ccnc2[nH]c(C)cc12. The zero-order chi connectivity index (χ0) is 8.55. The lowest BCUT2D eigenvalue weighted by atomic mass is 10.1. The second-order valence-corrected chi connectivity index (χ2v) is 3.04. The number of H-pyrrole nitrogens is 1. The number of rotatable bonds is 1. The Hall–Kier alpha value is -1.31. The first kappa shape index (κ1) is 7.35. The van der Waals surface area contributed by atoms with E-state index in [9.17, 15) is 0 Å². The van der Waals surface area contributed by atoms with Gasteiger partial charge in [0.15, 0.2) is 0 Å². The first-order chi connectivity index (χ1) is 5.81. The molecule has 2 aromatic rings. The fraction of sp³-hybridized carbons (Fsp3) is 0.300. The molecule has 0 atom stereocenters. The van der Waals surface area contributed by atoms with Crippen molar-refractivity contribution in [1.82, 2.24) is 9.97 Å². The summed E-state index contributed by atoms with van der Waals surface area (Å²) in [6.45, 7) is 4.22. The Bertz CT molecular complexity index is 401. The molecule has 2 heteroatoms. The van der Waals surface area contributed by atoms with E-state index in [-0.39, 0.29) is 0 Å². The van der Waals surface area contributed by atoms with Gasteiger partial charge >= 0.3 is 0 Å². The number of hydrogen-bond donors (Lipinski definition) is 1. The summed E-state index contributed by atoms with van der Waals surface area (Å²) in [7, 11) is 0. The molecule has 62 valence electrons. The summed E-state index contributed by atoms with van der Waals surface area (Å²) in [5.41, 5.74) is 3.55. The first-order valence-electron chi connectivity index (χ1n) is 4.24. The Labute approximate surface area is 71.6 Å². The van der Waals surface area contributed by atoms with Crippen LogP contribution < -0.4 is 0 Å². The number of pyridine rings is 1. The lowest BCUT2D eigenvalue weighted by molar-refractivity contribution is 1.15. The third-order valence-electron chi connectivity index (χ3n) is 2.14. The smallest absolute Gasteiger partial charge is 0.137 e. The Morgan fingerprint density at radius 2 is 2.33 bits per heavy atom. The van der Waals surface area contributed by atoms with Gasteiger partial charge in [-0.3, -0.25) is 0 Å². The van der Waals surface area contributed by atoms with Crippen molar-refractivity contribution >= 4 is 11.0 Å². The van der Waals surface area contributed by atoms with E-state index in [2.05, 4.69) is 35.9 Å². The number of aromatic nitrogens is 2. The summed E-state index contributed by atoms with van der Waals surface area (Å²) < 4.78 is 0. The molecule has 0 amide bonds. The molecule has 0 saturated heterocycles. The normalized spacial score (nSPS) is 10.8. The van der Waals surface area contributed by atoms with Crippen LogP contribution in [-0.4, -0.2) is 9.97 Å². The molecule has 0 bridgehead atoms. The van der Waals surface area contributed by atoms with Gasteiger partial charge in [0, 0.05) is 17.3 Å². The van der Waals surface area contributed by atoms with E-state index in [0.717, 1.165) is 12.1 Å². The van der Waals surface area contributed by atoms with Crippen LogP contribution in [0.5, 0.6) is 0 Å². The third-order valence-corrected chi connectivity index (χ3v) is 2.14. The largest absolute Gasteiger partial charge is 0.344 e. The molecule has 2 rings (SSSR count). The maximum atomic E-state index is 4.26. The summed E-state index contributed by atoms with van der Waals surface area (Å²) in [5.74, 6) is 0. The van der Waals surface area contributed by atoms with Crippen molar-refractivity contribution in [2.24, 2.45) is 0 Å². The van der Waals surface area contributed by atoms with E-state index in [1.807, 2.05) is 6.20 Å². The van der Waals surface area contributed by atoms with Crippen molar-refractivity contribution in [3.63, 3.8) is 0 Å². The molecule has 12 heavy (non-hydrogen) atoms. The number of nitrogens with one attached hydrogen (secondary N) is 1. The van der Waals surface area contributed by atoms with Gasteiger partial charge in [0.2, 0.25) is 0 Å². The van der Waals surface area contributed by atoms with Gasteiger partial charge in [-0.05, 0) is 31.0 Å². The fourth-order valence-corrected chi connectivity index (χ4v) is 1.52. The summed E-state index contributed by atoms with van der Waals surface area (Å²) in [6, 6.07) is 4.23. The molecule has 0 saturated carbocycles. The maximum Gasteiger partial charge on any atom is 0.137 e. The molecule has 0 aliphatic rings. The number of nitrogens with zero attached hydrogens (tertiary/aromatic N) is 1. The Balaban J connectivity index is 2.78. The standard InChI is InChI=1S/C10H12N2/c1-3-8-4-5-11-10-9(8)6-7(2)12-10/h4-6H,3H2,1-2H3,(H,11,12). The predicted molar refractivity (Wildman–Crippen MR) is 50.2 cm³/mol. The summed E-state index contributed by atoms with van der Waals surface area (Å²) >= 11 is 0. The molecule has 2 aromatic heterocycles. The highest BCUT2D eigenvalue weighted by atomic mass is 14.8. The Morgan fingerprint density at radius 3 is 3.08 bits per heavy atom. The van der Waals surface area contributed by atoms with Crippen LogP contribution in [0.3, 0.4) is 0 Å². The number of hydrogen-bond acceptors (Lipinski definition) is 1. The van der Waals surface area contributed by atoms with Crippen LogP contribution in [0.25, 0.3) is 11.0 Å². The van der Waals surface area contributed by atoms with Gasteiger partial charge in [0.25, 0.3) is 0 Å². The van der Waals surface area contributed by atoms with E-state index in [1.54, 1.807) is 0 Å². The monoisotopic (exact) mass is 160 g/mol. The number of aryl methyl sites for hydroxylation is 2. The summed E-state index contributed by atoms with van der Waals surface area (Å²) in [4.78, 5) is 7.48. The minimum absolute atomic E-state index is 1.01. The molecule has 0 aromatic carbocycles. The van der Waals surface area contributed by atoms with Crippen molar-refractivity contribution in [3.05, 3.63) is 29.6 Å². The minimum atomic E-state index is 1.01. The lowest BCUT2D eigenvalue weighted by Gasteiger charge is -1.95. The van der Waals surface area contributed by atoms with Crippen LogP contribution in [0.4, 0.5) is 0 Å². The zero-order valence-corrected chi connectivity index (χ0v) is 7.39. The quantitative estimate of drug-likeness (QED) is 0.682. The zero-order valence-electron chi connectivity index (χ0n) is 7.39. The van der Waals surface area contributed by atoms with E-state index in [1.165, 1.54) is 16.6 Å². The highest BCUT2D eigenvalue weighted by Gasteiger charge is 2.01. The second kappa shape index (κ2) is 2.63. The Kier molecular flexibility index (Phi) is 1.61. The van der Waals surface area contributed by atoms with Crippen LogP contribution in [0, 0.1) is 6.92 Å². The molecule has 0 spiro atoms. The van der Waals surface area contributed by atoms with Crippen LogP contribution in [0.1, 0.15) is 18.2 Å². The maximum absolute atomic E-state index is 4.26. The van der Waals surface area contributed by atoms with Gasteiger partial charge in [-0.15, -0.1) is 0 Å². The van der Waals surface area contributed by atoms with Gasteiger partial charge < -0.3 is 4.98 Å². The molecule has 0 aliphatic heterocycles. The van der Waals surface area contributed by atoms with E-state index in [4.69, 9.17) is 0 Å². The fourth-order valence-electron chi connectivity index (χ4n) is 1.52. The van der Waals surface area contributed by atoms with Crippen LogP contribution in [0.15, 0.2) is 18.3 Å². The second-order valence-electron chi connectivity index (χ2n) is 3.04. The predicted octanol–water partition coefficient (Wildman–Crippen LogP) is 2.43. The van der Waals surface area contributed by atoms with Crippen molar-refractivity contribution < 1.29 is 0 Å². The molecule has 0 aliphatic carbocycles. The van der Waals surface area contributed by atoms with E-state index < -0.39 is 0 Å². The number of aromatic amines is 1. The Morgan fingerprint density at radius 1 is 1.50 bits per heavy atom. The molecule has 0 fully saturated rings. The molecule has 2 nitrogen and oxygen atoms in total. The molecule has 2 heterocycles. The van der Waals surface area contributed by atoms with Crippen molar-refractivity contribution in [3.8, 4) is 0 Å². The van der Waals surface area contributed by atoms with Gasteiger partial charge in [-0.1, -0.05) is 6.92 Å². The minimum Gasteiger partial charge on any atom is -0.344 e. The van der Waals surface area contributed by atoms with Gasteiger partial charge in [-0.2, -0.15) is 0 Å². The third kappa shape index (κ3) is 0.998. The van der Waals surface area contributed by atoms with Crippen molar-refractivity contribution in [1.29, 1.82) is 0 Å². The van der Waals surface area contributed by atoms with Crippen molar-refractivity contribution in [2.45, 2.75) is 20.3 Å². The molecule has 0 unspecified atom stereocenters. The molecule has 0 radical (unpaired) electrons. The number of fused-ring (bicyclic) bond motifs is 1. The molecule has 1 N–H and O–H groups in total. The summed E-state index contributed by atoms with van der Waals surface area (Å²) in [5, 5.41) is 1.26. The van der Waals surface area contributed by atoms with Crippen LogP contribution in [0.2, 0.25) is 0 Å². The van der Waals surface area contributed by atoms with Crippen LogP contribution >= 0.6 is 0 Å². The van der Waals surface area contributed by atoms with Crippen molar-refractivity contribution in [2.75, 3.05) is 0 Å². The average Bonchev–Trinajstić information content (AvgIpc) is 2.44. The van der Waals surface area contributed by atoms with Crippen LogP contribution in [-0.2, 0) is 6.42 Å². The topological polar surface area (TPSA) is 28.7 Å². The molecular formula is C10H12N2. The van der Waals surface area contributed by atoms with Gasteiger partial charge in [0.1, 0.15) is 5.65 Å². The van der Waals surface area contributed by atoms with E-state index >= 15 is 0 Å². The van der Waals surface area contributed by atoms with E-state index in [0.29, 0.717) is 0 Å². The van der Waals surface area contributed by atoms with Gasteiger partial charge in [0.05, 0.1) is 0 Å². The van der Waals surface area contributed by atoms with Gasteiger partial charge in [-0.25, -0.2) is 4.98 Å². The highest BCUT2D eigenvalue weighted by molar-refractivity contribution is 5.80. The highest BCUT2D eigenvalue weighted by Crippen LogP contribution is 2.17. The molecular weight excluding hydrogens is 148 g/mol. The lowest BCUT2D eigenvalue weighted by Crippen LogP contribution is -1.82. The average molecular weight is 160 g/mol. The summed E-state index contributed by atoms with van der Waals surface area (Å²) in [6.07, 6.45) is 2.92.